The number of aromatic nitrogens is 1. The lowest BCUT2D eigenvalue weighted by Gasteiger charge is -2.10. The second kappa shape index (κ2) is 4.96. The lowest BCUT2D eigenvalue weighted by atomic mass is 9.99. The van der Waals surface area contributed by atoms with Crippen LogP contribution < -0.4 is 11.5 Å². The predicted molar refractivity (Wildman–Crippen MR) is 59.9 cm³/mol. The number of hydrogen-bond acceptors (Lipinski definition) is 3. The molecule has 0 fully saturated rings. The number of nitrogens with two attached hydrogens (primary N) is 2. The number of aryl methyl sites for hydroxylation is 1. The third kappa shape index (κ3) is 2.70. The summed E-state index contributed by atoms with van der Waals surface area (Å²) in [5.74, 6) is 1.21. The Hall–Kier alpha value is -1.09. The van der Waals surface area contributed by atoms with Crippen molar-refractivity contribution in [2.24, 2.45) is 11.7 Å². The first kappa shape index (κ1) is 11.0. The van der Waals surface area contributed by atoms with Crippen molar-refractivity contribution in [3.8, 4) is 0 Å². The number of nitrogen functional groups attached to an aromatic ring is 1. The second-order valence-electron chi connectivity index (χ2n) is 3.86. The van der Waals surface area contributed by atoms with Crippen molar-refractivity contribution in [1.82, 2.24) is 4.98 Å². The summed E-state index contributed by atoms with van der Waals surface area (Å²) in [6, 6.07) is 2.04. The SMILES string of the molecule is Cc1c(CCC(C)CN)ccnc1N. The molecule has 1 atom stereocenters. The van der Waals surface area contributed by atoms with Gasteiger partial charge < -0.3 is 11.5 Å². The Morgan fingerprint density at radius 3 is 2.86 bits per heavy atom. The lowest BCUT2D eigenvalue weighted by Crippen LogP contribution is -2.11. The molecule has 1 heterocycles. The van der Waals surface area contributed by atoms with Crippen LogP contribution in [-0.4, -0.2) is 11.5 Å². The van der Waals surface area contributed by atoms with Crippen molar-refractivity contribution in [3.05, 3.63) is 23.4 Å². The molecule has 78 valence electrons. The molecule has 4 N–H and O–H groups in total. The summed E-state index contributed by atoms with van der Waals surface area (Å²) in [5, 5.41) is 0. The van der Waals surface area contributed by atoms with Crippen LogP contribution in [0, 0.1) is 12.8 Å². The van der Waals surface area contributed by atoms with Crippen LogP contribution in [0.3, 0.4) is 0 Å². The predicted octanol–water partition coefficient (Wildman–Crippen LogP) is 1.50. The van der Waals surface area contributed by atoms with E-state index in [0.29, 0.717) is 11.7 Å². The minimum absolute atomic E-state index is 0.573. The van der Waals surface area contributed by atoms with Gasteiger partial charge in [-0.15, -0.1) is 0 Å². The van der Waals surface area contributed by atoms with Gasteiger partial charge in [-0.3, -0.25) is 0 Å². The fourth-order valence-corrected chi connectivity index (χ4v) is 1.38. The molecule has 0 aliphatic carbocycles. The highest BCUT2D eigenvalue weighted by atomic mass is 14.8. The maximum absolute atomic E-state index is 5.72. The molecular weight excluding hydrogens is 174 g/mol. The smallest absolute Gasteiger partial charge is 0.126 e. The van der Waals surface area contributed by atoms with Gasteiger partial charge in [0.2, 0.25) is 0 Å². The number of nitrogens with zero attached hydrogens (tertiary/aromatic N) is 1. The second-order valence-corrected chi connectivity index (χ2v) is 3.86. The van der Waals surface area contributed by atoms with E-state index in [1.807, 2.05) is 13.0 Å². The minimum atomic E-state index is 0.573. The Morgan fingerprint density at radius 2 is 2.21 bits per heavy atom. The molecule has 0 aliphatic heterocycles. The first-order chi connectivity index (χ1) is 6.65. The van der Waals surface area contributed by atoms with Crippen molar-refractivity contribution < 1.29 is 0 Å². The van der Waals surface area contributed by atoms with E-state index in [1.165, 1.54) is 5.56 Å². The number of pyridine rings is 1. The number of rotatable bonds is 4. The van der Waals surface area contributed by atoms with Crippen LogP contribution in [-0.2, 0) is 6.42 Å². The molecule has 0 bridgehead atoms. The molecule has 0 aliphatic rings. The molecule has 1 unspecified atom stereocenters. The molecular formula is C11H19N3. The van der Waals surface area contributed by atoms with Gasteiger partial charge in [0.1, 0.15) is 5.82 Å². The molecule has 3 heteroatoms. The minimum Gasteiger partial charge on any atom is -0.383 e. The molecule has 1 aromatic heterocycles. The summed E-state index contributed by atoms with van der Waals surface area (Å²) in [6.45, 7) is 4.93. The van der Waals surface area contributed by atoms with Gasteiger partial charge in [0.05, 0.1) is 0 Å². The molecule has 1 rings (SSSR count). The Bertz CT molecular complexity index is 297. The molecule has 14 heavy (non-hydrogen) atoms. The van der Waals surface area contributed by atoms with Gasteiger partial charge in [-0.1, -0.05) is 6.92 Å². The van der Waals surface area contributed by atoms with E-state index in [0.717, 1.165) is 24.9 Å². The summed E-state index contributed by atoms with van der Waals surface area (Å²) in [5.41, 5.74) is 13.7. The van der Waals surface area contributed by atoms with E-state index >= 15 is 0 Å². The quantitative estimate of drug-likeness (QED) is 0.761. The van der Waals surface area contributed by atoms with E-state index in [-0.39, 0.29) is 0 Å². The average Bonchev–Trinajstić information content (AvgIpc) is 2.20. The van der Waals surface area contributed by atoms with Crippen LogP contribution in [0.5, 0.6) is 0 Å². The normalized spacial score (nSPS) is 12.8. The van der Waals surface area contributed by atoms with E-state index in [9.17, 15) is 0 Å². The van der Waals surface area contributed by atoms with E-state index in [1.54, 1.807) is 6.20 Å². The third-order valence-corrected chi connectivity index (χ3v) is 2.66. The molecule has 0 amide bonds. The topological polar surface area (TPSA) is 64.9 Å². The van der Waals surface area contributed by atoms with Crippen LogP contribution >= 0.6 is 0 Å². The van der Waals surface area contributed by atoms with Gasteiger partial charge >= 0.3 is 0 Å². The zero-order valence-electron chi connectivity index (χ0n) is 8.96. The van der Waals surface area contributed by atoms with Crippen LogP contribution in [0.2, 0.25) is 0 Å². The van der Waals surface area contributed by atoms with Gasteiger partial charge in [-0.05, 0) is 49.4 Å². The monoisotopic (exact) mass is 193 g/mol. The van der Waals surface area contributed by atoms with Gasteiger partial charge in [0.15, 0.2) is 0 Å². The largest absolute Gasteiger partial charge is 0.383 e. The molecule has 0 saturated heterocycles. The van der Waals surface area contributed by atoms with Gasteiger partial charge in [0.25, 0.3) is 0 Å². The maximum atomic E-state index is 5.72. The highest BCUT2D eigenvalue weighted by molar-refractivity contribution is 5.43. The number of hydrogen-bond donors (Lipinski definition) is 2. The summed E-state index contributed by atoms with van der Waals surface area (Å²) < 4.78 is 0. The summed E-state index contributed by atoms with van der Waals surface area (Å²) in [6.07, 6.45) is 3.92. The zero-order chi connectivity index (χ0) is 10.6. The molecule has 0 spiro atoms. The van der Waals surface area contributed by atoms with Crippen LogP contribution in [0.25, 0.3) is 0 Å². The van der Waals surface area contributed by atoms with Crippen LogP contribution in [0.1, 0.15) is 24.5 Å². The first-order valence-corrected chi connectivity index (χ1v) is 5.05. The Morgan fingerprint density at radius 1 is 1.50 bits per heavy atom. The maximum Gasteiger partial charge on any atom is 0.126 e. The molecule has 0 saturated carbocycles. The van der Waals surface area contributed by atoms with E-state index < -0.39 is 0 Å². The highest BCUT2D eigenvalue weighted by Gasteiger charge is 2.04. The number of anilines is 1. The summed E-state index contributed by atoms with van der Waals surface area (Å²) in [7, 11) is 0. The Labute approximate surface area is 85.5 Å². The van der Waals surface area contributed by atoms with Crippen LogP contribution in [0.15, 0.2) is 12.3 Å². The zero-order valence-corrected chi connectivity index (χ0v) is 8.96. The molecule has 1 aromatic rings. The van der Waals surface area contributed by atoms with Crippen molar-refractivity contribution >= 4 is 5.82 Å². The first-order valence-electron chi connectivity index (χ1n) is 5.05. The van der Waals surface area contributed by atoms with Crippen molar-refractivity contribution in [2.45, 2.75) is 26.7 Å². The summed E-state index contributed by atoms with van der Waals surface area (Å²) in [4.78, 5) is 4.04. The van der Waals surface area contributed by atoms with Crippen molar-refractivity contribution in [2.75, 3.05) is 12.3 Å². The Kier molecular flexibility index (Phi) is 3.89. The van der Waals surface area contributed by atoms with Gasteiger partial charge in [-0.25, -0.2) is 4.98 Å². The van der Waals surface area contributed by atoms with Gasteiger partial charge in [0, 0.05) is 6.20 Å². The van der Waals surface area contributed by atoms with E-state index in [4.69, 9.17) is 11.5 Å². The van der Waals surface area contributed by atoms with E-state index in [2.05, 4.69) is 11.9 Å². The van der Waals surface area contributed by atoms with Crippen LogP contribution in [0.4, 0.5) is 5.82 Å². The van der Waals surface area contributed by atoms with Crippen molar-refractivity contribution in [3.63, 3.8) is 0 Å². The molecule has 0 aromatic carbocycles. The Balaban J connectivity index is 2.63. The third-order valence-electron chi connectivity index (χ3n) is 2.66. The van der Waals surface area contributed by atoms with Crippen molar-refractivity contribution in [1.29, 1.82) is 0 Å². The highest BCUT2D eigenvalue weighted by Crippen LogP contribution is 2.16. The van der Waals surface area contributed by atoms with Gasteiger partial charge in [-0.2, -0.15) is 0 Å². The fraction of sp³-hybridized carbons (Fsp3) is 0.545. The molecule has 3 nitrogen and oxygen atoms in total. The standard InChI is InChI=1S/C11H19N3/c1-8(7-12)3-4-10-5-6-14-11(13)9(10)2/h5-6,8H,3-4,7,12H2,1-2H3,(H2,13,14). The summed E-state index contributed by atoms with van der Waals surface area (Å²) >= 11 is 0. The lowest BCUT2D eigenvalue weighted by molar-refractivity contribution is 0.544. The average molecular weight is 193 g/mol. The fourth-order valence-electron chi connectivity index (χ4n) is 1.38. The molecule has 0 radical (unpaired) electrons.